The monoisotopic (exact) mass is 444 g/mol. The summed E-state index contributed by atoms with van der Waals surface area (Å²) in [6.45, 7) is 4.06. The molecule has 0 aliphatic heterocycles. The molecular formula is C21H16N8O2S. The van der Waals surface area contributed by atoms with Crippen LogP contribution in [0.5, 0.6) is 0 Å². The number of nitrogens with two attached hydrogens (primary N) is 1. The molecule has 10 nitrogen and oxygen atoms in total. The van der Waals surface area contributed by atoms with Crippen molar-refractivity contribution in [2.45, 2.75) is 0 Å². The van der Waals surface area contributed by atoms with E-state index in [1.54, 1.807) is 0 Å². The van der Waals surface area contributed by atoms with E-state index >= 15 is 0 Å². The van der Waals surface area contributed by atoms with Crippen LogP contribution in [0.1, 0.15) is 16.1 Å². The Hall–Kier alpha value is -4.51. The number of rotatable bonds is 6. The first-order chi connectivity index (χ1) is 15.6. The average molecular weight is 444 g/mol. The third-order valence-corrected chi connectivity index (χ3v) is 5.65. The molecule has 0 saturated heterocycles. The normalized spacial score (nSPS) is 10.9. The Kier molecular flexibility index (Phi) is 4.84. The molecule has 0 atom stereocenters. The van der Waals surface area contributed by atoms with Crippen LogP contribution in [-0.4, -0.2) is 31.2 Å². The molecule has 32 heavy (non-hydrogen) atoms. The number of carbonyl (C=O) groups excluding carboxylic acids is 1. The van der Waals surface area contributed by atoms with Crippen LogP contribution in [-0.2, 0) is 0 Å². The minimum absolute atomic E-state index is 0.0297. The zero-order chi connectivity index (χ0) is 22.1. The maximum atomic E-state index is 13.0. The molecule has 0 unspecified atom stereocenters. The molecule has 0 spiro atoms. The van der Waals surface area contributed by atoms with Gasteiger partial charge in [0, 0.05) is 5.56 Å². The number of nitrogen functional groups attached to an aromatic ring is 1. The molecular weight excluding hydrogens is 428 g/mol. The maximum Gasteiger partial charge on any atom is 0.292 e. The number of carbonyl (C=O) groups is 1. The highest BCUT2D eigenvalue weighted by molar-refractivity contribution is 7.13. The highest BCUT2D eigenvalue weighted by Crippen LogP contribution is 2.30. The van der Waals surface area contributed by atoms with E-state index in [-0.39, 0.29) is 17.3 Å². The van der Waals surface area contributed by atoms with Crippen molar-refractivity contribution >= 4 is 39.5 Å². The molecule has 1 amide bonds. The lowest BCUT2D eigenvalue weighted by molar-refractivity contribution is 0.0938. The number of hydrogen-bond acceptors (Lipinski definition) is 9. The lowest BCUT2D eigenvalue weighted by Gasteiger charge is -2.13. The summed E-state index contributed by atoms with van der Waals surface area (Å²) in [4.78, 5) is 13.8. The highest BCUT2D eigenvalue weighted by atomic mass is 32.1. The fourth-order valence-corrected chi connectivity index (χ4v) is 4.06. The molecule has 0 fully saturated rings. The first kappa shape index (κ1) is 19.5. The second-order valence-corrected chi connectivity index (χ2v) is 7.68. The number of hydrazine groups is 1. The topological polar surface area (TPSA) is 137 Å². The molecule has 2 aromatic carbocycles. The second kappa shape index (κ2) is 7.96. The number of aromatic nitrogens is 5. The molecule has 0 aliphatic rings. The third kappa shape index (κ3) is 3.36. The molecule has 5 aromatic rings. The van der Waals surface area contributed by atoms with Crippen LogP contribution in [0.4, 0.5) is 5.82 Å². The first-order valence-electron chi connectivity index (χ1n) is 9.45. The number of nitrogens with one attached hydrogen (secondary N) is 2. The van der Waals surface area contributed by atoms with Gasteiger partial charge in [0.25, 0.3) is 5.91 Å². The summed E-state index contributed by atoms with van der Waals surface area (Å²) in [7, 11) is 0. The molecule has 4 N–H and O–H groups in total. The fourth-order valence-electron chi connectivity index (χ4n) is 3.30. The zero-order valence-electron chi connectivity index (χ0n) is 16.5. The minimum atomic E-state index is -0.504. The standard InChI is InChI=1S/C21H16N8O2S/c1-12(14-9-4-7-13-6-2-3-8-15(13)14)23-25-21(30)17-18(16-10-5-11-32-16)29(28-24-17)20-19(22)26-31-27-20/h2-11,23H,1H2,(H2,22,26)(H,25,30). The molecule has 0 radical (unpaired) electrons. The average Bonchev–Trinajstić information content (AvgIpc) is 3.57. The SMILES string of the molecule is C=C(NNC(=O)c1nnn(-c2nonc2N)c1-c1cccs1)c1cccc2ccccc12. The Bertz CT molecular complexity index is 1430. The van der Waals surface area contributed by atoms with Gasteiger partial charge in [-0.25, -0.2) is 4.63 Å². The predicted octanol–water partition coefficient (Wildman–Crippen LogP) is 3.02. The van der Waals surface area contributed by atoms with Crippen LogP contribution >= 0.6 is 11.3 Å². The van der Waals surface area contributed by atoms with E-state index in [0.29, 0.717) is 11.4 Å². The summed E-state index contributed by atoms with van der Waals surface area (Å²) in [6.07, 6.45) is 0. The van der Waals surface area contributed by atoms with E-state index in [1.807, 2.05) is 60.0 Å². The van der Waals surface area contributed by atoms with E-state index < -0.39 is 5.91 Å². The van der Waals surface area contributed by atoms with Gasteiger partial charge in [0.15, 0.2) is 5.69 Å². The summed E-state index contributed by atoms with van der Waals surface area (Å²) in [5.74, 6) is -0.328. The lowest BCUT2D eigenvalue weighted by Crippen LogP contribution is -2.36. The van der Waals surface area contributed by atoms with Crippen molar-refractivity contribution in [3.8, 4) is 16.4 Å². The first-order valence-corrected chi connectivity index (χ1v) is 10.3. The number of benzene rings is 2. The van der Waals surface area contributed by atoms with Crippen LogP contribution in [0.15, 0.2) is 71.2 Å². The van der Waals surface area contributed by atoms with E-state index in [0.717, 1.165) is 21.2 Å². The molecule has 11 heteroatoms. The molecule has 3 heterocycles. The van der Waals surface area contributed by atoms with Crippen molar-refractivity contribution in [1.29, 1.82) is 0 Å². The largest absolute Gasteiger partial charge is 0.378 e. The van der Waals surface area contributed by atoms with E-state index in [1.165, 1.54) is 16.0 Å². The summed E-state index contributed by atoms with van der Waals surface area (Å²) >= 11 is 1.41. The third-order valence-electron chi connectivity index (χ3n) is 4.78. The predicted molar refractivity (Wildman–Crippen MR) is 121 cm³/mol. The fraction of sp³-hybridized carbons (Fsp3) is 0. The van der Waals surface area contributed by atoms with Crippen LogP contribution in [0.25, 0.3) is 32.9 Å². The number of fused-ring (bicyclic) bond motifs is 1. The maximum absolute atomic E-state index is 13.0. The molecule has 158 valence electrons. The number of thiophene rings is 1. The van der Waals surface area contributed by atoms with Gasteiger partial charge in [-0.05, 0) is 32.5 Å². The van der Waals surface area contributed by atoms with Crippen LogP contribution in [0.3, 0.4) is 0 Å². The number of nitrogens with zero attached hydrogens (tertiary/aromatic N) is 5. The van der Waals surface area contributed by atoms with Crippen LogP contribution < -0.4 is 16.6 Å². The van der Waals surface area contributed by atoms with Crippen molar-refractivity contribution < 1.29 is 9.42 Å². The van der Waals surface area contributed by atoms with Crippen molar-refractivity contribution in [2.24, 2.45) is 0 Å². The molecule has 5 rings (SSSR count). The number of amides is 1. The Morgan fingerprint density at radius 3 is 2.69 bits per heavy atom. The van der Waals surface area contributed by atoms with Gasteiger partial charge in [0.2, 0.25) is 11.6 Å². The Morgan fingerprint density at radius 1 is 1.06 bits per heavy atom. The van der Waals surface area contributed by atoms with Gasteiger partial charge in [0.1, 0.15) is 5.69 Å². The molecule has 0 bridgehead atoms. The quantitative estimate of drug-likeness (QED) is 0.340. The van der Waals surface area contributed by atoms with Crippen molar-refractivity contribution in [3.05, 3.63) is 77.8 Å². The van der Waals surface area contributed by atoms with Gasteiger partial charge in [-0.15, -0.1) is 16.4 Å². The van der Waals surface area contributed by atoms with Crippen molar-refractivity contribution in [2.75, 3.05) is 5.73 Å². The molecule has 0 aliphatic carbocycles. The van der Waals surface area contributed by atoms with Gasteiger partial charge in [0.05, 0.1) is 10.6 Å². The molecule has 0 saturated carbocycles. The van der Waals surface area contributed by atoms with Gasteiger partial charge in [-0.3, -0.25) is 15.6 Å². The minimum Gasteiger partial charge on any atom is -0.378 e. The summed E-state index contributed by atoms with van der Waals surface area (Å²) in [6, 6.07) is 17.5. The van der Waals surface area contributed by atoms with E-state index in [9.17, 15) is 4.79 Å². The van der Waals surface area contributed by atoms with E-state index in [2.05, 4.69) is 42.7 Å². The Morgan fingerprint density at radius 2 is 1.91 bits per heavy atom. The van der Waals surface area contributed by atoms with Gasteiger partial charge >= 0.3 is 0 Å². The zero-order valence-corrected chi connectivity index (χ0v) is 17.3. The molecule has 3 aromatic heterocycles. The number of hydrogen-bond donors (Lipinski definition) is 3. The summed E-state index contributed by atoms with van der Waals surface area (Å²) in [5.41, 5.74) is 13.2. The smallest absolute Gasteiger partial charge is 0.292 e. The van der Waals surface area contributed by atoms with Crippen LogP contribution in [0.2, 0.25) is 0 Å². The highest BCUT2D eigenvalue weighted by Gasteiger charge is 2.25. The van der Waals surface area contributed by atoms with Gasteiger partial charge < -0.3 is 5.73 Å². The number of anilines is 1. The Labute approximate surface area is 185 Å². The van der Waals surface area contributed by atoms with Gasteiger partial charge in [-0.1, -0.05) is 60.3 Å². The van der Waals surface area contributed by atoms with Crippen molar-refractivity contribution in [3.63, 3.8) is 0 Å². The van der Waals surface area contributed by atoms with Crippen LogP contribution in [0, 0.1) is 0 Å². The Balaban J connectivity index is 1.43. The summed E-state index contributed by atoms with van der Waals surface area (Å²) in [5, 5.41) is 19.4. The van der Waals surface area contributed by atoms with Gasteiger partial charge in [-0.2, -0.15) is 4.68 Å². The van der Waals surface area contributed by atoms with Crippen molar-refractivity contribution in [1.82, 2.24) is 36.2 Å². The summed E-state index contributed by atoms with van der Waals surface area (Å²) < 4.78 is 6.00. The lowest BCUT2D eigenvalue weighted by atomic mass is 10.0. The second-order valence-electron chi connectivity index (χ2n) is 6.73. The van der Waals surface area contributed by atoms with E-state index in [4.69, 9.17) is 5.73 Å².